The molecule has 1 aromatic heterocycles. The molecule has 6 heteroatoms. The van der Waals surface area contributed by atoms with E-state index in [9.17, 15) is 4.79 Å². The Morgan fingerprint density at radius 1 is 1.43 bits per heavy atom. The van der Waals surface area contributed by atoms with E-state index in [1.54, 1.807) is 7.11 Å². The van der Waals surface area contributed by atoms with Gasteiger partial charge < -0.3 is 10.5 Å². The number of likely N-dealkylation sites (tertiary alicyclic amines) is 1. The average molecular weight is 294 g/mol. The molecule has 1 fully saturated rings. The molecule has 0 aliphatic carbocycles. The number of amides is 1. The minimum absolute atomic E-state index is 0.0781. The van der Waals surface area contributed by atoms with Gasteiger partial charge in [-0.05, 0) is 19.3 Å². The van der Waals surface area contributed by atoms with Gasteiger partial charge in [0, 0.05) is 38.5 Å². The summed E-state index contributed by atoms with van der Waals surface area (Å²) in [5.41, 5.74) is 9.13. The molecular weight excluding hydrogens is 268 g/mol. The summed E-state index contributed by atoms with van der Waals surface area (Å²) in [6.07, 6.45) is 2.58. The van der Waals surface area contributed by atoms with Crippen LogP contribution in [0.25, 0.3) is 0 Å². The number of nitrogens with zero attached hydrogens (tertiary/aromatic N) is 3. The van der Waals surface area contributed by atoms with Crippen LogP contribution in [0.3, 0.4) is 0 Å². The van der Waals surface area contributed by atoms with Gasteiger partial charge in [-0.1, -0.05) is 13.8 Å². The first-order chi connectivity index (χ1) is 10.0. The zero-order valence-corrected chi connectivity index (χ0v) is 13.4. The van der Waals surface area contributed by atoms with Crippen molar-refractivity contribution in [3.8, 4) is 0 Å². The molecular formula is C15H26N4O2. The number of carbonyl (C=O) groups excluding carboxylic acids is 1. The van der Waals surface area contributed by atoms with Gasteiger partial charge in [0.1, 0.15) is 0 Å². The maximum absolute atomic E-state index is 11.7. The van der Waals surface area contributed by atoms with Gasteiger partial charge in [-0.15, -0.1) is 0 Å². The Morgan fingerprint density at radius 3 is 2.67 bits per heavy atom. The lowest BCUT2D eigenvalue weighted by atomic mass is 10.1. The largest absolute Gasteiger partial charge is 0.380 e. The van der Waals surface area contributed by atoms with Crippen LogP contribution in [0.5, 0.6) is 0 Å². The van der Waals surface area contributed by atoms with E-state index in [-0.39, 0.29) is 18.1 Å². The highest BCUT2D eigenvalue weighted by Gasteiger charge is 2.36. The summed E-state index contributed by atoms with van der Waals surface area (Å²) in [5.74, 6) is -0.269. The van der Waals surface area contributed by atoms with Crippen LogP contribution in [-0.4, -0.2) is 46.4 Å². The molecule has 1 aromatic rings. The van der Waals surface area contributed by atoms with E-state index in [2.05, 4.69) is 23.8 Å². The molecule has 0 bridgehead atoms. The third-order valence-electron chi connectivity index (χ3n) is 4.42. The molecule has 0 radical (unpaired) electrons. The summed E-state index contributed by atoms with van der Waals surface area (Å²) < 4.78 is 7.36. The predicted octanol–water partition coefficient (Wildman–Crippen LogP) is 0.620. The van der Waals surface area contributed by atoms with Gasteiger partial charge in [-0.25, -0.2) is 0 Å². The normalized spacial score (nSPS) is 22.9. The van der Waals surface area contributed by atoms with Crippen LogP contribution in [0.4, 0.5) is 0 Å². The number of hydrogen-bond donors (Lipinski definition) is 1. The summed E-state index contributed by atoms with van der Waals surface area (Å²) >= 11 is 0. The zero-order chi connectivity index (χ0) is 15.6. The highest BCUT2D eigenvalue weighted by Crippen LogP contribution is 2.25. The first kappa shape index (κ1) is 16.0. The highest BCUT2D eigenvalue weighted by atomic mass is 16.5. The van der Waals surface area contributed by atoms with Crippen molar-refractivity contribution < 1.29 is 9.53 Å². The van der Waals surface area contributed by atoms with Crippen molar-refractivity contribution in [3.05, 3.63) is 17.0 Å². The van der Waals surface area contributed by atoms with E-state index < -0.39 is 0 Å². The molecule has 0 aromatic carbocycles. The number of primary amides is 1. The molecule has 2 rings (SSSR count). The fraction of sp³-hybridized carbons (Fsp3) is 0.733. The molecule has 0 unspecified atom stereocenters. The van der Waals surface area contributed by atoms with Gasteiger partial charge >= 0.3 is 0 Å². The number of carbonyl (C=O) groups is 1. The van der Waals surface area contributed by atoms with Gasteiger partial charge in [0.2, 0.25) is 5.91 Å². The highest BCUT2D eigenvalue weighted by molar-refractivity contribution is 5.80. The van der Waals surface area contributed by atoms with E-state index in [1.807, 2.05) is 11.7 Å². The Kier molecular flexibility index (Phi) is 5.00. The Bertz CT molecular complexity index is 512. The minimum Gasteiger partial charge on any atom is -0.380 e. The van der Waals surface area contributed by atoms with Crippen molar-refractivity contribution in [2.45, 2.75) is 51.8 Å². The van der Waals surface area contributed by atoms with Crippen LogP contribution < -0.4 is 5.73 Å². The van der Waals surface area contributed by atoms with Crippen LogP contribution in [0.2, 0.25) is 0 Å². The number of hydrogen-bond acceptors (Lipinski definition) is 4. The second-order valence-electron chi connectivity index (χ2n) is 5.64. The van der Waals surface area contributed by atoms with E-state index >= 15 is 0 Å². The van der Waals surface area contributed by atoms with Crippen molar-refractivity contribution in [2.75, 3.05) is 13.7 Å². The molecule has 1 amide bonds. The molecule has 2 N–H and O–H groups in total. The molecule has 2 heterocycles. The number of nitrogens with two attached hydrogens (primary N) is 1. The lowest BCUT2D eigenvalue weighted by molar-refractivity contribution is -0.122. The monoisotopic (exact) mass is 294 g/mol. The van der Waals surface area contributed by atoms with E-state index in [0.29, 0.717) is 13.0 Å². The number of methoxy groups -OCH3 is 1. The van der Waals surface area contributed by atoms with Crippen molar-refractivity contribution in [1.82, 2.24) is 14.7 Å². The summed E-state index contributed by atoms with van der Waals surface area (Å²) in [6.45, 7) is 5.70. The topological polar surface area (TPSA) is 73.4 Å². The third-order valence-corrected chi connectivity index (χ3v) is 4.42. The lowest BCUT2D eigenvalue weighted by Crippen LogP contribution is -2.40. The molecule has 1 aliphatic heterocycles. The SMILES string of the molecule is CCc1nn(C)c(CC)c1CN1C[C@@H](OC)C[C@H]1C(N)=O. The van der Waals surface area contributed by atoms with Crippen molar-refractivity contribution >= 4 is 5.91 Å². The Morgan fingerprint density at radius 2 is 2.14 bits per heavy atom. The fourth-order valence-corrected chi connectivity index (χ4v) is 3.28. The molecule has 118 valence electrons. The number of ether oxygens (including phenoxy) is 1. The standard InChI is InChI=1S/C15H26N4O2/c1-5-12-11(13(6-2)18(3)17-12)9-19-8-10(21-4)7-14(19)15(16)20/h10,14H,5-9H2,1-4H3,(H2,16,20)/t10-,14-/m0/s1. The summed E-state index contributed by atoms with van der Waals surface area (Å²) in [4.78, 5) is 13.8. The lowest BCUT2D eigenvalue weighted by Gasteiger charge is -2.22. The van der Waals surface area contributed by atoms with Gasteiger partial charge in [0.05, 0.1) is 17.8 Å². The van der Waals surface area contributed by atoms with Crippen molar-refractivity contribution in [2.24, 2.45) is 12.8 Å². The van der Waals surface area contributed by atoms with Crippen molar-refractivity contribution in [1.29, 1.82) is 0 Å². The van der Waals surface area contributed by atoms with Crippen LogP contribution in [0.1, 0.15) is 37.2 Å². The van der Waals surface area contributed by atoms with Gasteiger partial charge in [-0.2, -0.15) is 5.10 Å². The second kappa shape index (κ2) is 6.58. The minimum atomic E-state index is -0.269. The summed E-state index contributed by atoms with van der Waals surface area (Å²) in [5, 5.41) is 4.59. The molecule has 2 atom stereocenters. The molecule has 0 spiro atoms. The Labute approximate surface area is 126 Å². The Balaban J connectivity index is 2.26. The quantitative estimate of drug-likeness (QED) is 0.835. The average Bonchev–Trinajstić information content (AvgIpc) is 3.00. The first-order valence-electron chi connectivity index (χ1n) is 7.61. The summed E-state index contributed by atoms with van der Waals surface area (Å²) in [7, 11) is 3.67. The van der Waals surface area contributed by atoms with Crippen molar-refractivity contribution in [3.63, 3.8) is 0 Å². The molecule has 0 saturated carbocycles. The predicted molar refractivity (Wildman–Crippen MR) is 80.8 cm³/mol. The van der Waals surface area contributed by atoms with Crippen LogP contribution in [-0.2, 0) is 36.0 Å². The number of aryl methyl sites for hydroxylation is 2. The number of rotatable bonds is 6. The second-order valence-corrected chi connectivity index (χ2v) is 5.64. The zero-order valence-electron chi connectivity index (χ0n) is 13.4. The summed E-state index contributed by atoms with van der Waals surface area (Å²) in [6, 6.07) is -0.246. The van der Waals surface area contributed by atoms with Gasteiger partial charge in [0.15, 0.2) is 0 Å². The van der Waals surface area contributed by atoms with E-state index in [1.165, 1.54) is 11.3 Å². The fourth-order valence-electron chi connectivity index (χ4n) is 3.28. The molecule has 1 saturated heterocycles. The molecule has 1 aliphatic rings. The van der Waals surface area contributed by atoms with E-state index in [4.69, 9.17) is 10.5 Å². The number of aromatic nitrogens is 2. The first-order valence-corrected chi connectivity index (χ1v) is 7.61. The van der Waals surface area contributed by atoms with E-state index in [0.717, 1.165) is 25.1 Å². The maximum Gasteiger partial charge on any atom is 0.234 e. The van der Waals surface area contributed by atoms with Gasteiger partial charge in [-0.3, -0.25) is 14.4 Å². The van der Waals surface area contributed by atoms with Gasteiger partial charge in [0.25, 0.3) is 0 Å². The van der Waals surface area contributed by atoms with Crippen LogP contribution >= 0.6 is 0 Å². The Hall–Kier alpha value is -1.40. The van der Waals surface area contributed by atoms with Crippen LogP contribution in [0.15, 0.2) is 0 Å². The smallest absolute Gasteiger partial charge is 0.234 e. The molecule has 21 heavy (non-hydrogen) atoms. The molecule has 6 nitrogen and oxygen atoms in total. The third kappa shape index (κ3) is 3.11. The maximum atomic E-state index is 11.7. The van der Waals surface area contributed by atoms with Crippen LogP contribution in [0, 0.1) is 0 Å².